The highest BCUT2D eigenvalue weighted by molar-refractivity contribution is 4.69. The first-order chi connectivity index (χ1) is 3.27. The zero-order valence-electron chi connectivity index (χ0n) is 4.39. The summed E-state index contributed by atoms with van der Waals surface area (Å²) in [5.41, 5.74) is 0. The molecule has 0 aliphatic rings. The molecule has 0 radical (unpaired) electrons. The SMILES string of the molecule is CC(O)CCC#N. The number of rotatable bonds is 2. The molecule has 0 amide bonds. The van der Waals surface area contributed by atoms with E-state index in [0.717, 1.165) is 0 Å². The van der Waals surface area contributed by atoms with Crippen molar-refractivity contribution in [1.29, 1.82) is 5.26 Å². The van der Waals surface area contributed by atoms with Gasteiger partial charge in [0.1, 0.15) is 0 Å². The highest BCUT2D eigenvalue weighted by Gasteiger charge is 1.90. The van der Waals surface area contributed by atoms with Crippen LogP contribution in [0.15, 0.2) is 0 Å². The Kier molecular flexibility index (Phi) is 3.35. The van der Waals surface area contributed by atoms with Gasteiger partial charge in [-0.2, -0.15) is 5.26 Å². The van der Waals surface area contributed by atoms with E-state index in [-0.39, 0.29) is 6.10 Å². The molecule has 2 heteroatoms. The maximum atomic E-state index is 8.53. The number of hydrogen-bond donors (Lipinski definition) is 1. The molecule has 0 aromatic rings. The van der Waals surface area contributed by atoms with Crippen molar-refractivity contribution in [3.05, 3.63) is 0 Å². The minimum absolute atomic E-state index is 0.320. The molecule has 0 aliphatic carbocycles. The van der Waals surface area contributed by atoms with Gasteiger partial charge in [0.15, 0.2) is 0 Å². The molecule has 0 aliphatic heterocycles. The Hall–Kier alpha value is -0.550. The molecule has 2 nitrogen and oxygen atoms in total. The molecular weight excluding hydrogens is 90.1 g/mol. The van der Waals surface area contributed by atoms with Gasteiger partial charge in [0.25, 0.3) is 0 Å². The predicted octanol–water partition coefficient (Wildman–Crippen LogP) is 0.671. The third-order valence-corrected chi connectivity index (χ3v) is 0.674. The number of aliphatic hydroxyl groups is 1. The lowest BCUT2D eigenvalue weighted by Gasteiger charge is -1.94. The molecule has 0 spiro atoms. The van der Waals surface area contributed by atoms with Crippen molar-refractivity contribution in [3.63, 3.8) is 0 Å². The summed E-state index contributed by atoms with van der Waals surface area (Å²) in [5, 5.41) is 16.5. The molecule has 0 saturated carbocycles. The second-order valence-corrected chi connectivity index (χ2v) is 1.55. The van der Waals surface area contributed by atoms with Crippen LogP contribution in [-0.2, 0) is 0 Å². The van der Waals surface area contributed by atoms with Crippen molar-refractivity contribution in [2.75, 3.05) is 0 Å². The zero-order valence-corrected chi connectivity index (χ0v) is 4.39. The largest absolute Gasteiger partial charge is 0.393 e. The van der Waals surface area contributed by atoms with Gasteiger partial charge in [0.2, 0.25) is 0 Å². The van der Waals surface area contributed by atoms with Gasteiger partial charge in [-0.05, 0) is 13.3 Å². The third-order valence-electron chi connectivity index (χ3n) is 0.674. The van der Waals surface area contributed by atoms with E-state index in [2.05, 4.69) is 0 Å². The average molecular weight is 99.1 g/mol. The molecule has 1 unspecified atom stereocenters. The summed E-state index contributed by atoms with van der Waals surface area (Å²) in [5.74, 6) is 0. The van der Waals surface area contributed by atoms with Crippen molar-refractivity contribution in [2.24, 2.45) is 0 Å². The summed E-state index contributed by atoms with van der Waals surface area (Å²) in [7, 11) is 0. The highest BCUT2D eigenvalue weighted by Crippen LogP contribution is 1.91. The first kappa shape index (κ1) is 6.45. The fraction of sp³-hybridized carbons (Fsp3) is 0.800. The Morgan fingerprint density at radius 3 is 2.57 bits per heavy atom. The summed E-state index contributed by atoms with van der Waals surface area (Å²) in [4.78, 5) is 0. The first-order valence-electron chi connectivity index (χ1n) is 2.32. The standard InChI is InChI=1S/C5H9NO/c1-5(7)3-2-4-6/h5,7H,2-3H2,1H3. The van der Waals surface area contributed by atoms with Crippen LogP contribution in [0.1, 0.15) is 19.8 Å². The lowest BCUT2D eigenvalue weighted by atomic mass is 10.2. The number of nitrogens with zero attached hydrogens (tertiary/aromatic N) is 1. The van der Waals surface area contributed by atoms with E-state index in [1.807, 2.05) is 6.07 Å². The van der Waals surface area contributed by atoms with Crippen molar-refractivity contribution in [1.82, 2.24) is 0 Å². The monoisotopic (exact) mass is 99.1 g/mol. The van der Waals surface area contributed by atoms with Crippen LogP contribution in [0, 0.1) is 11.3 Å². The van der Waals surface area contributed by atoms with E-state index >= 15 is 0 Å². The molecule has 0 fully saturated rings. The molecule has 0 aromatic heterocycles. The van der Waals surface area contributed by atoms with Gasteiger partial charge >= 0.3 is 0 Å². The van der Waals surface area contributed by atoms with Gasteiger partial charge in [0.05, 0.1) is 12.2 Å². The van der Waals surface area contributed by atoms with Crippen LogP contribution in [0.25, 0.3) is 0 Å². The predicted molar refractivity (Wildman–Crippen MR) is 26.5 cm³/mol. The minimum atomic E-state index is -0.320. The summed E-state index contributed by atoms with van der Waals surface area (Å²) in [6, 6.07) is 1.94. The third kappa shape index (κ3) is 5.45. The van der Waals surface area contributed by atoms with E-state index in [1.54, 1.807) is 6.92 Å². The van der Waals surface area contributed by atoms with Crippen LogP contribution in [0.2, 0.25) is 0 Å². The Balaban J connectivity index is 2.86. The van der Waals surface area contributed by atoms with Gasteiger partial charge in [-0.1, -0.05) is 0 Å². The molecular formula is C5H9NO. The van der Waals surface area contributed by atoms with Crippen LogP contribution in [0.5, 0.6) is 0 Å². The quantitative estimate of drug-likeness (QED) is 0.553. The van der Waals surface area contributed by atoms with Gasteiger partial charge in [-0.25, -0.2) is 0 Å². The summed E-state index contributed by atoms with van der Waals surface area (Å²) >= 11 is 0. The Labute approximate surface area is 43.4 Å². The normalized spacial score (nSPS) is 12.7. The van der Waals surface area contributed by atoms with Crippen LogP contribution in [0.3, 0.4) is 0 Å². The maximum Gasteiger partial charge on any atom is 0.0622 e. The van der Waals surface area contributed by atoms with Crippen molar-refractivity contribution in [2.45, 2.75) is 25.9 Å². The molecule has 40 valence electrons. The Bertz CT molecular complexity index is 72.6. The summed E-state index contributed by atoms with van der Waals surface area (Å²) in [6.45, 7) is 1.68. The molecule has 0 saturated heterocycles. The van der Waals surface area contributed by atoms with Crippen molar-refractivity contribution < 1.29 is 5.11 Å². The van der Waals surface area contributed by atoms with Crippen molar-refractivity contribution in [3.8, 4) is 6.07 Å². The highest BCUT2D eigenvalue weighted by atomic mass is 16.3. The second-order valence-electron chi connectivity index (χ2n) is 1.55. The average Bonchev–Trinajstić information content (AvgIpc) is 1.61. The molecule has 1 atom stereocenters. The summed E-state index contributed by atoms with van der Waals surface area (Å²) < 4.78 is 0. The zero-order chi connectivity index (χ0) is 5.70. The van der Waals surface area contributed by atoms with E-state index in [1.165, 1.54) is 0 Å². The van der Waals surface area contributed by atoms with E-state index in [4.69, 9.17) is 10.4 Å². The van der Waals surface area contributed by atoms with Crippen LogP contribution < -0.4 is 0 Å². The first-order valence-corrected chi connectivity index (χ1v) is 2.32. The lowest BCUT2D eigenvalue weighted by Crippen LogP contribution is -1.96. The Morgan fingerprint density at radius 2 is 2.43 bits per heavy atom. The lowest BCUT2D eigenvalue weighted by molar-refractivity contribution is 0.186. The minimum Gasteiger partial charge on any atom is -0.393 e. The number of aliphatic hydroxyl groups excluding tert-OH is 1. The van der Waals surface area contributed by atoms with Gasteiger partial charge in [0, 0.05) is 6.42 Å². The van der Waals surface area contributed by atoms with Gasteiger partial charge < -0.3 is 5.11 Å². The van der Waals surface area contributed by atoms with E-state index in [0.29, 0.717) is 12.8 Å². The van der Waals surface area contributed by atoms with Gasteiger partial charge in [-0.15, -0.1) is 0 Å². The number of nitriles is 1. The molecule has 1 N–H and O–H groups in total. The molecule has 0 bridgehead atoms. The molecule has 0 aromatic carbocycles. The molecule has 7 heavy (non-hydrogen) atoms. The second kappa shape index (κ2) is 3.63. The van der Waals surface area contributed by atoms with E-state index < -0.39 is 0 Å². The molecule has 0 heterocycles. The van der Waals surface area contributed by atoms with Gasteiger partial charge in [-0.3, -0.25) is 0 Å². The topological polar surface area (TPSA) is 44.0 Å². The molecule has 0 rings (SSSR count). The number of hydrogen-bond acceptors (Lipinski definition) is 2. The maximum absolute atomic E-state index is 8.53. The Morgan fingerprint density at radius 1 is 1.86 bits per heavy atom. The van der Waals surface area contributed by atoms with E-state index in [9.17, 15) is 0 Å². The van der Waals surface area contributed by atoms with Crippen LogP contribution in [-0.4, -0.2) is 11.2 Å². The fourth-order valence-corrected chi connectivity index (χ4v) is 0.273. The van der Waals surface area contributed by atoms with Crippen molar-refractivity contribution >= 4 is 0 Å². The smallest absolute Gasteiger partial charge is 0.0622 e. The van der Waals surface area contributed by atoms with Crippen LogP contribution >= 0.6 is 0 Å². The summed E-state index contributed by atoms with van der Waals surface area (Å²) in [6.07, 6.45) is 0.730. The fourth-order valence-electron chi connectivity index (χ4n) is 0.273. The van der Waals surface area contributed by atoms with Crippen LogP contribution in [0.4, 0.5) is 0 Å².